The lowest BCUT2D eigenvalue weighted by molar-refractivity contribution is 0.126. The number of aromatic nitrogens is 1. The average Bonchev–Trinajstić information content (AvgIpc) is 2.68. The minimum Gasteiger partial charge on any atom is -0.296 e. The highest BCUT2D eigenvalue weighted by molar-refractivity contribution is 7.89. The Bertz CT molecular complexity index is 831. The van der Waals surface area contributed by atoms with Crippen molar-refractivity contribution in [2.45, 2.75) is 36.9 Å². The van der Waals surface area contributed by atoms with Crippen LogP contribution >= 0.6 is 0 Å². The van der Waals surface area contributed by atoms with Gasteiger partial charge in [-0.05, 0) is 42.5 Å². The van der Waals surface area contributed by atoms with E-state index < -0.39 is 10.0 Å². The maximum Gasteiger partial charge on any atom is 0.260 e. The first-order chi connectivity index (χ1) is 12.1. The minimum absolute atomic E-state index is 0.153. The molecule has 25 heavy (non-hydrogen) atoms. The first-order valence-corrected chi connectivity index (χ1v) is 10.3. The van der Waals surface area contributed by atoms with Crippen LogP contribution in [0.3, 0.4) is 0 Å². The van der Waals surface area contributed by atoms with Crippen LogP contribution in [0.2, 0.25) is 0 Å². The van der Waals surface area contributed by atoms with Gasteiger partial charge in [-0.15, -0.1) is 0 Å². The molecule has 2 aliphatic heterocycles. The van der Waals surface area contributed by atoms with E-state index in [0.717, 1.165) is 32.4 Å². The second-order valence-electron chi connectivity index (χ2n) is 6.79. The molecular weight excluding hydrogens is 334 g/mol. The number of pyridine rings is 1. The van der Waals surface area contributed by atoms with Crippen LogP contribution in [0.25, 0.3) is 0 Å². The fourth-order valence-corrected chi connectivity index (χ4v) is 5.31. The summed E-state index contributed by atoms with van der Waals surface area (Å²) in [5.74, 6) is 0. The lowest BCUT2D eigenvalue weighted by atomic mass is 9.96. The fraction of sp³-hybridized carbons (Fsp3) is 0.421. The van der Waals surface area contributed by atoms with Gasteiger partial charge in [-0.1, -0.05) is 30.3 Å². The zero-order valence-corrected chi connectivity index (χ0v) is 15.0. The van der Waals surface area contributed by atoms with Crippen molar-refractivity contribution in [3.05, 3.63) is 59.8 Å². The highest BCUT2D eigenvalue weighted by atomic mass is 32.2. The lowest BCUT2D eigenvalue weighted by Gasteiger charge is -2.40. The van der Waals surface area contributed by atoms with Crippen LogP contribution < -0.4 is 0 Å². The summed E-state index contributed by atoms with van der Waals surface area (Å²) in [5.41, 5.74) is 2.87. The van der Waals surface area contributed by atoms with Crippen molar-refractivity contribution in [1.82, 2.24) is 14.2 Å². The first kappa shape index (κ1) is 16.7. The maximum atomic E-state index is 12.7. The van der Waals surface area contributed by atoms with Crippen LogP contribution in [0, 0.1) is 0 Å². The molecule has 6 heteroatoms. The van der Waals surface area contributed by atoms with Gasteiger partial charge in [-0.25, -0.2) is 13.4 Å². The minimum atomic E-state index is -3.46. The molecule has 5 nitrogen and oxygen atoms in total. The summed E-state index contributed by atoms with van der Waals surface area (Å²) < 4.78 is 27.0. The number of rotatable bonds is 3. The molecule has 1 fully saturated rings. The van der Waals surface area contributed by atoms with Gasteiger partial charge in [0.1, 0.15) is 0 Å². The quantitative estimate of drug-likeness (QED) is 0.846. The molecule has 0 aliphatic carbocycles. The third kappa shape index (κ3) is 3.34. The highest BCUT2D eigenvalue weighted by Gasteiger charge is 2.33. The van der Waals surface area contributed by atoms with Gasteiger partial charge in [0.25, 0.3) is 10.0 Å². The van der Waals surface area contributed by atoms with Crippen LogP contribution in [-0.4, -0.2) is 48.3 Å². The van der Waals surface area contributed by atoms with Gasteiger partial charge in [0.15, 0.2) is 5.03 Å². The molecular formula is C19H23N3O2S. The summed E-state index contributed by atoms with van der Waals surface area (Å²) >= 11 is 0. The fourth-order valence-electron chi connectivity index (χ4n) is 3.91. The molecule has 2 aromatic rings. The Kier molecular flexibility index (Phi) is 4.58. The largest absolute Gasteiger partial charge is 0.296 e. The average molecular weight is 357 g/mol. The number of hydrogen-bond donors (Lipinski definition) is 0. The summed E-state index contributed by atoms with van der Waals surface area (Å²) in [6.45, 7) is 3.19. The molecule has 0 bridgehead atoms. The predicted molar refractivity (Wildman–Crippen MR) is 96.6 cm³/mol. The van der Waals surface area contributed by atoms with Crippen molar-refractivity contribution in [2.24, 2.45) is 0 Å². The van der Waals surface area contributed by atoms with E-state index in [2.05, 4.69) is 34.1 Å². The van der Waals surface area contributed by atoms with E-state index in [1.54, 1.807) is 22.5 Å². The zero-order chi connectivity index (χ0) is 17.3. The second kappa shape index (κ2) is 6.86. The molecule has 0 amide bonds. The van der Waals surface area contributed by atoms with Gasteiger partial charge in [-0.3, -0.25) is 4.90 Å². The van der Waals surface area contributed by atoms with Gasteiger partial charge in [-0.2, -0.15) is 4.31 Å². The van der Waals surface area contributed by atoms with E-state index in [1.165, 1.54) is 17.3 Å². The zero-order valence-electron chi connectivity index (χ0n) is 14.2. The highest BCUT2D eigenvalue weighted by Crippen LogP contribution is 2.26. The monoisotopic (exact) mass is 357 g/mol. The number of sulfonamides is 1. The van der Waals surface area contributed by atoms with Crippen LogP contribution in [-0.2, 0) is 23.0 Å². The molecule has 132 valence electrons. The third-order valence-corrected chi connectivity index (χ3v) is 7.16. The molecule has 3 heterocycles. The Morgan fingerprint density at radius 2 is 1.64 bits per heavy atom. The molecule has 4 rings (SSSR count). The Labute approximate surface area is 149 Å². The molecule has 1 aromatic heterocycles. The Balaban J connectivity index is 1.41. The van der Waals surface area contributed by atoms with Crippen molar-refractivity contribution < 1.29 is 8.42 Å². The van der Waals surface area contributed by atoms with Crippen molar-refractivity contribution in [2.75, 3.05) is 19.6 Å². The van der Waals surface area contributed by atoms with Crippen molar-refractivity contribution in [3.63, 3.8) is 0 Å². The lowest BCUT2D eigenvalue weighted by Crippen LogP contribution is -2.48. The number of piperidine rings is 1. The molecule has 2 aliphatic rings. The Hall–Kier alpha value is -1.76. The van der Waals surface area contributed by atoms with Gasteiger partial charge >= 0.3 is 0 Å². The van der Waals surface area contributed by atoms with Gasteiger partial charge in [0, 0.05) is 38.4 Å². The third-order valence-electron chi connectivity index (χ3n) is 5.34. The summed E-state index contributed by atoms with van der Waals surface area (Å²) in [6.07, 6.45) is 4.38. The number of hydrogen-bond acceptors (Lipinski definition) is 4. The van der Waals surface area contributed by atoms with Crippen LogP contribution in [0.5, 0.6) is 0 Å². The first-order valence-electron chi connectivity index (χ1n) is 8.86. The summed E-state index contributed by atoms with van der Waals surface area (Å²) in [5, 5.41) is 0.153. The van der Waals surface area contributed by atoms with Gasteiger partial charge in [0.05, 0.1) is 0 Å². The molecule has 0 spiro atoms. The summed E-state index contributed by atoms with van der Waals surface area (Å²) in [4.78, 5) is 6.54. The smallest absolute Gasteiger partial charge is 0.260 e. The number of nitrogens with zero attached hydrogens (tertiary/aromatic N) is 3. The summed E-state index contributed by atoms with van der Waals surface area (Å²) in [6, 6.07) is 14.1. The van der Waals surface area contributed by atoms with Gasteiger partial charge in [0.2, 0.25) is 0 Å². The number of benzene rings is 1. The molecule has 0 saturated carbocycles. The predicted octanol–water partition coefficient (Wildman–Crippen LogP) is 2.29. The van der Waals surface area contributed by atoms with Crippen LogP contribution in [0.1, 0.15) is 24.0 Å². The van der Waals surface area contributed by atoms with Crippen LogP contribution in [0.15, 0.2) is 53.7 Å². The second-order valence-corrected chi connectivity index (χ2v) is 8.68. The van der Waals surface area contributed by atoms with Crippen molar-refractivity contribution >= 4 is 10.0 Å². The van der Waals surface area contributed by atoms with E-state index >= 15 is 0 Å². The molecule has 1 aromatic carbocycles. The van der Waals surface area contributed by atoms with E-state index in [1.807, 2.05) is 0 Å². The van der Waals surface area contributed by atoms with Crippen molar-refractivity contribution in [1.29, 1.82) is 0 Å². The molecule has 0 atom stereocenters. The normalized spacial score (nSPS) is 20.3. The van der Waals surface area contributed by atoms with Crippen molar-refractivity contribution in [3.8, 4) is 0 Å². The summed E-state index contributed by atoms with van der Waals surface area (Å²) in [7, 11) is -3.46. The molecule has 1 saturated heterocycles. The van der Waals surface area contributed by atoms with Crippen LogP contribution in [0.4, 0.5) is 0 Å². The standard InChI is InChI=1S/C19H23N3O2S/c23-25(24,19-7-3-4-11-20-19)22-13-9-18(10-14-22)21-12-8-16-5-1-2-6-17(16)15-21/h1-7,11,18H,8-10,12-15H2. The van der Waals surface area contributed by atoms with E-state index in [4.69, 9.17) is 0 Å². The molecule has 0 radical (unpaired) electrons. The SMILES string of the molecule is O=S(=O)(c1ccccn1)N1CCC(N2CCc3ccccc3C2)CC1. The molecule has 0 N–H and O–H groups in total. The van der Waals surface area contributed by atoms with E-state index in [9.17, 15) is 8.42 Å². The topological polar surface area (TPSA) is 53.5 Å². The number of fused-ring (bicyclic) bond motifs is 1. The van der Waals surface area contributed by atoms with Gasteiger partial charge < -0.3 is 0 Å². The molecule has 0 unspecified atom stereocenters. The maximum absolute atomic E-state index is 12.7. The Morgan fingerprint density at radius 3 is 2.36 bits per heavy atom. The van der Waals surface area contributed by atoms with E-state index in [0.29, 0.717) is 19.1 Å². The van der Waals surface area contributed by atoms with E-state index in [-0.39, 0.29) is 5.03 Å². The Morgan fingerprint density at radius 1 is 0.920 bits per heavy atom.